The maximum absolute atomic E-state index is 12.9. The molecule has 32 heavy (non-hydrogen) atoms. The molecule has 0 radical (unpaired) electrons. The van der Waals surface area contributed by atoms with Crippen LogP contribution in [0.4, 0.5) is 5.69 Å². The van der Waals surface area contributed by atoms with E-state index in [1.54, 1.807) is 29.7 Å². The van der Waals surface area contributed by atoms with E-state index in [1.807, 2.05) is 53.9 Å². The molecule has 3 aromatic carbocycles. The van der Waals surface area contributed by atoms with Crippen LogP contribution < -0.4 is 5.32 Å². The number of aromatic nitrogens is 1. The van der Waals surface area contributed by atoms with Crippen molar-refractivity contribution in [3.63, 3.8) is 0 Å². The molecule has 1 N–H and O–H groups in total. The Morgan fingerprint density at radius 1 is 0.938 bits per heavy atom. The summed E-state index contributed by atoms with van der Waals surface area (Å²) in [5.41, 5.74) is 2.75. The van der Waals surface area contributed by atoms with E-state index in [0.717, 1.165) is 16.0 Å². The van der Waals surface area contributed by atoms with E-state index in [1.165, 1.54) is 4.90 Å². The molecule has 5 rings (SSSR count). The lowest BCUT2D eigenvalue weighted by atomic mass is 9.94. The number of hydrogen-bond donors (Lipinski definition) is 1. The fourth-order valence-corrected chi connectivity index (χ4v) is 4.61. The highest BCUT2D eigenvalue weighted by Crippen LogP contribution is 2.30. The van der Waals surface area contributed by atoms with Gasteiger partial charge in [0.2, 0.25) is 5.91 Å². The van der Waals surface area contributed by atoms with E-state index in [0.29, 0.717) is 28.6 Å². The van der Waals surface area contributed by atoms with Gasteiger partial charge in [0.15, 0.2) is 0 Å². The molecule has 1 aliphatic heterocycles. The largest absolute Gasteiger partial charge is 0.326 e. The van der Waals surface area contributed by atoms with Crippen molar-refractivity contribution < 1.29 is 14.4 Å². The molecule has 1 aliphatic rings. The van der Waals surface area contributed by atoms with Gasteiger partial charge in [-0.05, 0) is 48.2 Å². The van der Waals surface area contributed by atoms with Crippen LogP contribution >= 0.6 is 11.3 Å². The summed E-state index contributed by atoms with van der Waals surface area (Å²) in [4.78, 5) is 43.7. The minimum atomic E-state index is -0.308. The van der Waals surface area contributed by atoms with E-state index in [-0.39, 0.29) is 30.7 Å². The van der Waals surface area contributed by atoms with E-state index < -0.39 is 0 Å². The Balaban J connectivity index is 1.21. The number of imide groups is 1. The van der Waals surface area contributed by atoms with Crippen molar-refractivity contribution in [2.45, 2.75) is 12.8 Å². The first kappa shape index (κ1) is 20.1. The van der Waals surface area contributed by atoms with Gasteiger partial charge in [0.05, 0.1) is 0 Å². The van der Waals surface area contributed by atoms with Crippen molar-refractivity contribution in [1.82, 2.24) is 9.88 Å². The van der Waals surface area contributed by atoms with Crippen LogP contribution in [0.2, 0.25) is 0 Å². The molecule has 0 aliphatic carbocycles. The van der Waals surface area contributed by atoms with Crippen molar-refractivity contribution in [1.29, 1.82) is 0 Å². The van der Waals surface area contributed by atoms with Crippen LogP contribution in [0.3, 0.4) is 0 Å². The minimum Gasteiger partial charge on any atom is -0.326 e. The van der Waals surface area contributed by atoms with Crippen LogP contribution in [-0.2, 0) is 4.79 Å². The molecule has 0 spiro atoms. The topological polar surface area (TPSA) is 79.4 Å². The zero-order chi connectivity index (χ0) is 22.1. The van der Waals surface area contributed by atoms with Crippen LogP contribution in [0, 0.1) is 0 Å². The van der Waals surface area contributed by atoms with Crippen LogP contribution in [0.15, 0.2) is 72.2 Å². The smallest absolute Gasteiger partial charge is 0.261 e. The SMILES string of the molecule is O=C(CCCN1C(=O)c2cccc3cccc(c23)C1=O)Nc1ccc(-c2nccs2)cc1. The monoisotopic (exact) mass is 441 g/mol. The molecule has 0 fully saturated rings. The maximum atomic E-state index is 12.9. The lowest BCUT2D eigenvalue weighted by Gasteiger charge is -2.27. The lowest BCUT2D eigenvalue weighted by Crippen LogP contribution is -2.41. The van der Waals surface area contributed by atoms with Crippen molar-refractivity contribution in [2.24, 2.45) is 0 Å². The van der Waals surface area contributed by atoms with E-state index in [2.05, 4.69) is 10.3 Å². The highest BCUT2D eigenvalue weighted by atomic mass is 32.1. The van der Waals surface area contributed by atoms with Gasteiger partial charge < -0.3 is 5.32 Å². The molecule has 2 heterocycles. The second-order valence-corrected chi connectivity index (χ2v) is 8.43. The molecule has 6 nitrogen and oxygen atoms in total. The molecule has 0 unspecified atom stereocenters. The minimum absolute atomic E-state index is 0.161. The van der Waals surface area contributed by atoms with Crippen molar-refractivity contribution in [2.75, 3.05) is 11.9 Å². The molecule has 7 heteroatoms. The maximum Gasteiger partial charge on any atom is 0.261 e. The summed E-state index contributed by atoms with van der Waals surface area (Å²) in [7, 11) is 0. The Kier molecular flexibility index (Phi) is 5.25. The first-order chi connectivity index (χ1) is 15.6. The normalized spacial score (nSPS) is 12.9. The number of carbonyl (C=O) groups is 3. The molecule has 0 bridgehead atoms. The van der Waals surface area contributed by atoms with Crippen molar-refractivity contribution >= 4 is 45.5 Å². The van der Waals surface area contributed by atoms with Crippen molar-refractivity contribution in [3.8, 4) is 10.6 Å². The fraction of sp³-hybridized carbons (Fsp3) is 0.120. The molecule has 0 saturated carbocycles. The second kappa shape index (κ2) is 8.36. The first-order valence-electron chi connectivity index (χ1n) is 10.3. The highest BCUT2D eigenvalue weighted by molar-refractivity contribution is 7.13. The number of carbonyl (C=O) groups excluding carboxylic acids is 3. The van der Waals surface area contributed by atoms with Gasteiger partial charge in [-0.3, -0.25) is 19.3 Å². The van der Waals surface area contributed by atoms with Gasteiger partial charge in [0.1, 0.15) is 5.01 Å². The quantitative estimate of drug-likeness (QED) is 0.428. The highest BCUT2D eigenvalue weighted by Gasteiger charge is 2.32. The molecule has 0 saturated heterocycles. The zero-order valence-corrected chi connectivity index (χ0v) is 17.9. The fourth-order valence-electron chi connectivity index (χ4n) is 3.97. The number of anilines is 1. The Morgan fingerprint density at radius 3 is 2.25 bits per heavy atom. The Hall–Kier alpha value is -3.84. The molecule has 158 valence electrons. The third-order valence-electron chi connectivity index (χ3n) is 5.49. The van der Waals surface area contributed by atoms with Gasteiger partial charge in [0, 0.05) is 52.3 Å². The average molecular weight is 442 g/mol. The second-order valence-electron chi connectivity index (χ2n) is 7.54. The van der Waals surface area contributed by atoms with Gasteiger partial charge >= 0.3 is 0 Å². The van der Waals surface area contributed by atoms with Crippen LogP contribution in [0.25, 0.3) is 21.3 Å². The van der Waals surface area contributed by atoms with Gasteiger partial charge in [-0.25, -0.2) is 4.98 Å². The summed E-state index contributed by atoms with van der Waals surface area (Å²) in [6.45, 7) is 0.193. The third-order valence-corrected chi connectivity index (χ3v) is 6.31. The van der Waals surface area contributed by atoms with E-state index >= 15 is 0 Å². The Morgan fingerprint density at radius 2 is 1.62 bits per heavy atom. The van der Waals surface area contributed by atoms with Gasteiger partial charge in [0.25, 0.3) is 11.8 Å². The summed E-state index contributed by atoms with van der Waals surface area (Å²) < 4.78 is 0. The number of hydrogen-bond acceptors (Lipinski definition) is 5. The number of benzene rings is 3. The number of nitrogens with one attached hydrogen (secondary N) is 1. The standard InChI is InChI=1S/C25H19N3O3S/c29-21(27-18-11-9-17(10-12-18)23-26-13-15-32-23)8-3-14-28-24(30)19-6-1-4-16-5-2-7-20(22(16)19)25(28)31/h1-2,4-7,9-13,15H,3,8,14H2,(H,27,29). The van der Waals surface area contributed by atoms with Crippen LogP contribution in [-0.4, -0.2) is 34.2 Å². The Labute approximate surface area is 188 Å². The number of thiazole rings is 1. The van der Waals surface area contributed by atoms with Gasteiger partial charge in [-0.1, -0.05) is 24.3 Å². The predicted octanol–water partition coefficient (Wildman–Crippen LogP) is 4.98. The van der Waals surface area contributed by atoms with Crippen LogP contribution in [0.5, 0.6) is 0 Å². The summed E-state index contributed by atoms with van der Waals surface area (Å²) in [6.07, 6.45) is 2.35. The third kappa shape index (κ3) is 3.67. The molecular weight excluding hydrogens is 422 g/mol. The molecule has 1 aromatic heterocycles. The summed E-state index contributed by atoms with van der Waals surface area (Å²) in [6, 6.07) is 18.4. The molecule has 4 aromatic rings. The lowest BCUT2D eigenvalue weighted by molar-refractivity contribution is -0.116. The molecule has 0 atom stereocenters. The number of rotatable bonds is 6. The first-order valence-corrected chi connectivity index (χ1v) is 11.2. The Bertz CT molecular complexity index is 1280. The average Bonchev–Trinajstić information content (AvgIpc) is 3.35. The van der Waals surface area contributed by atoms with Gasteiger partial charge in [-0.2, -0.15) is 0 Å². The van der Waals surface area contributed by atoms with Gasteiger partial charge in [-0.15, -0.1) is 11.3 Å². The predicted molar refractivity (Wildman–Crippen MR) is 125 cm³/mol. The number of nitrogens with zero attached hydrogens (tertiary/aromatic N) is 2. The number of amides is 3. The summed E-state index contributed by atoms with van der Waals surface area (Å²) >= 11 is 1.56. The summed E-state index contributed by atoms with van der Waals surface area (Å²) in [5, 5.41) is 7.29. The zero-order valence-electron chi connectivity index (χ0n) is 17.1. The van der Waals surface area contributed by atoms with E-state index in [4.69, 9.17) is 0 Å². The summed E-state index contributed by atoms with van der Waals surface area (Å²) in [5.74, 6) is -0.777. The molecular formula is C25H19N3O3S. The van der Waals surface area contributed by atoms with Crippen LogP contribution in [0.1, 0.15) is 33.6 Å². The van der Waals surface area contributed by atoms with E-state index in [9.17, 15) is 14.4 Å². The molecule has 3 amide bonds. The van der Waals surface area contributed by atoms with Crippen molar-refractivity contribution in [3.05, 3.63) is 83.4 Å².